The van der Waals surface area contributed by atoms with E-state index >= 15 is 0 Å². The van der Waals surface area contributed by atoms with Crippen molar-refractivity contribution in [3.63, 3.8) is 0 Å². The van der Waals surface area contributed by atoms with Crippen molar-refractivity contribution in [2.24, 2.45) is 0 Å². The van der Waals surface area contributed by atoms with Crippen molar-refractivity contribution >= 4 is 39.2 Å². The first kappa shape index (κ1) is 21.2. The second kappa shape index (κ2) is 8.22. The van der Waals surface area contributed by atoms with E-state index in [1.54, 1.807) is 28.2 Å². The minimum atomic E-state index is -0.0934. The number of thiazole rings is 1. The van der Waals surface area contributed by atoms with E-state index in [9.17, 15) is 9.59 Å². The molecule has 0 saturated carbocycles. The molecule has 0 spiro atoms. The van der Waals surface area contributed by atoms with Crippen LogP contribution < -0.4 is 4.90 Å². The molecule has 2 aromatic heterocycles. The van der Waals surface area contributed by atoms with Crippen molar-refractivity contribution in [2.75, 3.05) is 39.6 Å². The van der Waals surface area contributed by atoms with E-state index in [0.717, 1.165) is 26.7 Å². The fourth-order valence-electron chi connectivity index (χ4n) is 3.75. The Labute approximate surface area is 185 Å². The van der Waals surface area contributed by atoms with Crippen molar-refractivity contribution in [3.05, 3.63) is 46.4 Å². The van der Waals surface area contributed by atoms with Crippen molar-refractivity contribution < 1.29 is 9.59 Å². The van der Waals surface area contributed by atoms with Gasteiger partial charge in [0.2, 0.25) is 5.91 Å². The lowest BCUT2D eigenvalue weighted by molar-refractivity contribution is -0.126. The molecule has 1 saturated heterocycles. The Morgan fingerprint density at radius 2 is 1.97 bits per heavy atom. The Morgan fingerprint density at radius 3 is 2.65 bits per heavy atom. The number of hydrogen-bond acceptors (Lipinski definition) is 7. The van der Waals surface area contributed by atoms with Gasteiger partial charge < -0.3 is 14.7 Å². The summed E-state index contributed by atoms with van der Waals surface area (Å²) in [4.78, 5) is 44.1. The first-order valence-electron chi connectivity index (χ1n) is 10.1. The molecule has 9 heteroatoms. The molecule has 1 aliphatic rings. The highest BCUT2D eigenvalue weighted by atomic mass is 32.1. The lowest BCUT2D eigenvalue weighted by Crippen LogP contribution is -2.28. The van der Waals surface area contributed by atoms with Gasteiger partial charge in [0, 0.05) is 58.7 Å². The van der Waals surface area contributed by atoms with Gasteiger partial charge in [0.05, 0.1) is 27.5 Å². The lowest BCUT2D eigenvalue weighted by Gasteiger charge is -2.20. The van der Waals surface area contributed by atoms with E-state index in [0.29, 0.717) is 24.4 Å². The zero-order chi connectivity index (χ0) is 22.3. The molecule has 1 fully saturated rings. The summed E-state index contributed by atoms with van der Waals surface area (Å²) in [6, 6.07) is 7.52. The number of aryl methyl sites for hydroxylation is 1. The minimum Gasteiger partial charge on any atom is -0.363 e. The molecule has 2 amide bonds. The van der Waals surface area contributed by atoms with E-state index in [1.807, 2.05) is 57.2 Å². The molecule has 0 bridgehead atoms. The zero-order valence-corrected chi connectivity index (χ0v) is 19.2. The number of aromatic nitrogens is 3. The van der Waals surface area contributed by atoms with Crippen LogP contribution in [-0.4, -0.2) is 71.3 Å². The number of benzene rings is 1. The van der Waals surface area contributed by atoms with Crippen molar-refractivity contribution in [1.29, 1.82) is 0 Å². The van der Waals surface area contributed by atoms with Crippen LogP contribution in [0.1, 0.15) is 39.2 Å². The molecule has 8 nitrogen and oxygen atoms in total. The summed E-state index contributed by atoms with van der Waals surface area (Å²) < 4.78 is 1.000. The van der Waals surface area contributed by atoms with E-state index in [1.165, 1.54) is 0 Å². The molecule has 1 aliphatic heterocycles. The Kier molecular flexibility index (Phi) is 5.62. The highest BCUT2D eigenvalue weighted by Gasteiger charge is 2.30. The lowest BCUT2D eigenvalue weighted by atomic mass is 10.0. The van der Waals surface area contributed by atoms with Crippen LogP contribution >= 0.6 is 11.3 Å². The fraction of sp³-hybridized carbons (Fsp3) is 0.409. The number of carbonyl (C=O) groups is 2. The Morgan fingerprint density at radius 1 is 1.19 bits per heavy atom. The monoisotopic (exact) mass is 438 g/mol. The van der Waals surface area contributed by atoms with Gasteiger partial charge in [-0.05, 0) is 25.1 Å². The third-order valence-corrected chi connectivity index (χ3v) is 6.40. The summed E-state index contributed by atoms with van der Waals surface area (Å²) >= 11 is 1.58. The van der Waals surface area contributed by atoms with Gasteiger partial charge >= 0.3 is 0 Å². The second-order valence-electron chi connectivity index (χ2n) is 8.21. The SMILES string of the molecule is Cc1nc2ccc(C(=O)N(C)Cc3nc([C@@H]4CC(=O)N(C)C4)cc(N(C)C)n3)cc2s1. The van der Waals surface area contributed by atoms with E-state index < -0.39 is 0 Å². The number of carbonyl (C=O) groups excluding carboxylic acids is 2. The largest absolute Gasteiger partial charge is 0.363 e. The van der Waals surface area contributed by atoms with E-state index in [4.69, 9.17) is 4.98 Å². The van der Waals surface area contributed by atoms with Crippen LogP contribution in [0.25, 0.3) is 10.2 Å². The van der Waals surface area contributed by atoms with Gasteiger partial charge in [0.1, 0.15) is 11.6 Å². The first-order chi connectivity index (χ1) is 14.7. The maximum Gasteiger partial charge on any atom is 0.254 e. The van der Waals surface area contributed by atoms with Crippen LogP contribution in [0, 0.1) is 6.92 Å². The van der Waals surface area contributed by atoms with Crippen LogP contribution in [0.4, 0.5) is 5.82 Å². The molecule has 4 rings (SSSR count). The molecule has 162 valence electrons. The summed E-state index contributed by atoms with van der Waals surface area (Å²) in [5, 5.41) is 0.977. The number of hydrogen-bond donors (Lipinski definition) is 0. The van der Waals surface area contributed by atoms with Crippen LogP contribution in [0.2, 0.25) is 0 Å². The maximum atomic E-state index is 13.0. The van der Waals surface area contributed by atoms with E-state index in [2.05, 4.69) is 9.97 Å². The Bertz CT molecular complexity index is 1160. The summed E-state index contributed by atoms with van der Waals surface area (Å²) in [7, 11) is 7.40. The molecule has 3 aromatic rings. The van der Waals surface area contributed by atoms with Crippen LogP contribution in [-0.2, 0) is 11.3 Å². The van der Waals surface area contributed by atoms with Gasteiger partial charge in [0.25, 0.3) is 5.91 Å². The third kappa shape index (κ3) is 4.36. The number of fused-ring (bicyclic) bond motifs is 1. The summed E-state index contributed by atoms with van der Waals surface area (Å²) in [5.74, 6) is 1.40. The first-order valence-corrected chi connectivity index (χ1v) is 10.9. The van der Waals surface area contributed by atoms with Crippen molar-refractivity contribution in [1.82, 2.24) is 24.8 Å². The molecular weight excluding hydrogens is 412 g/mol. The standard InChI is InChI=1S/C22H26N6O2S/c1-13-23-16-7-6-14(8-18(16)31-13)22(30)28(5)12-19-24-17(10-20(25-19)26(2)3)15-9-21(29)27(4)11-15/h6-8,10,15H,9,11-12H2,1-5H3/t15-/m1/s1. The fourth-order valence-corrected chi connectivity index (χ4v) is 4.62. The van der Waals surface area contributed by atoms with Crippen molar-refractivity contribution in [3.8, 4) is 0 Å². The smallest absolute Gasteiger partial charge is 0.254 e. The number of likely N-dealkylation sites (tertiary alicyclic amines) is 1. The van der Waals surface area contributed by atoms with Crippen LogP contribution in [0.5, 0.6) is 0 Å². The maximum absolute atomic E-state index is 13.0. The second-order valence-corrected chi connectivity index (χ2v) is 9.45. The normalized spacial score (nSPS) is 16.2. The quantitative estimate of drug-likeness (QED) is 0.609. The molecular formula is C22H26N6O2S. The van der Waals surface area contributed by atoms with Gasteiger partial charge in [-0.15, -0.1) is 11.3 Å². The van der Waals surface area contributed by atoms with Gasteiger partial charge in [-0.25, -0.2) is 15.0 Å². The molecule has 3 heterocycles. The van der Waals surface area contributed by atoms with Gasteiger partial charge in [-0.1, -0.05) is 0 Å². The summed E-state index contributed by atoms with van der Waals surface area (Å²) in [6.07, 6.45) is 0.447. The van der Waals surface area contributed by atoms with E-state index in [-0.39, 0.29) is 24.3 Å². The zero-order valence-electron chi connectivity index (χ0n) is 18.4. The minimum absolute atomic E-state index is 0.0379. The predicted molar refractivity (Wildman–Crippen MR) is 122 cm³/mol. The Hall–Kier alpha value is -3.07. The molecule has 0 N–H and O–H groups in total. The number of amides is 2. The average molecular weight is 439 g/mol. The van der Waals surface area contributed by atoms with Crippen molar-refractivity contribution in [2.45, 2.75) is 25.8 Å². The molecule has 0 radical (unpaired) electrons. The summed E-state index contributed by atoms with van der Waals surface area (Å²) in [6.45, 7) is 2.88. The molecule has 1 aromatic carbocycles. The third-order valence-electron chi connectivity index (χ3n) is 5.46. The number of anilines is 1. The molecule has 0 unspecified atom stereocenters. The number of rotatable bonds is 5. The molecule has 0 aliphatic carbocycles. The summed E-state index contributed by atoms with van der Waals surface area (Å²) in [5.41, 5.74) is 2.36. The Balaban J connectivity index is 1.58. The van der Waals surface area contributed by atoms with Crippen LogP contribution in [0.3, 0.4) is 0 Å². The highest BCUT2D eigenvalue weighted by molar-refractivity contribution is 7.18. The molecule has 1 atom stereocenters. The van der Waals surface area contributed by atoms with Gasteiger partial charge in [-0.3, -0.25) is 9.59 Å². The van der Waals surface area contributed by atoms with Crippen LogP contribution in [0.15, 0.2) is 24.3 Å². The highest BCUT2D eigenvalue weighted by Crippen LogP contribution is 2.28. The van der Waals surface area contributed by atoms with Gasteiger partial charge in [0.15, 0.2) is 0 Å². The topological polar surface area (TPSA) is 82.5 Å². The predicted octanol–water partition coefficient (Wildman–Crippen LogP) is 2.68. The van der Waals surface area contributed by atoms with Gasteiger partial charge in [-0.2, -0.15) is 0 Å². The number of nitrogens with zero attached hydrogens (tertiary/aromatic N) is 6. The molecule has 31 heavy (non-hydrogen) atoms. The average Bonchev–Trinajstić information content (AvgIpc) is 3.27. The number of likely N-dealkylation sites (N-methyl/N-ethyl adjacent to an activating group) is 1.